The van der Waals surface area contributed by atoms with Crippen molar-refractivity contribution in [2.45, 2.75) is 38.8 Å². The van der Waals surface area contributed by atoms with E-state index in [1.165, 1.54) is 0 Å². The van der Waals surface area contributed by atoms with Crippen LogP contribution in [0.1, 0.15) is 41.8 Å². The quantitative estimate of drug-likeness (QED) is 0.838. The average molecular weight is 380 g/mol. The van der Waals surface area contributed by atoms with Gasteiger partial charge in [0.05, 0.1) is 5.60 Å². The fourth-order valence-electron chi connectivity index (χ4n) is 3.30. The summed E-state index contributed by atoms with van der Waals surface area (Å²) < 4.78 is 0. The molecule has 28 heavy (non-hydrogen) atoms. The van der Waals surface area contributed by atoms with Crippen LogP contribution in [0.2, 0.25) is 0 Å². The molecule has 2 aromatic carbocycles. The molecular formula is C23H28N2O3. The number of benzene rings is 2. The van der Waals surface area contributed by atoms with Gasteiger partial charge in [-0.2, -0.15) is 0 Å². The van der Waals surface area contributed by atoms with E-state index < -0.39 is 5.60 Å². The number of piperazine rings is 1. The summed E-state index contributed by atoms with van der Waals surface area (Å²) in [6, 6.07) is 17.4. The first kappa shape index (κ1) is 20.1. The molecule has 0 aliphatic carbocycles. The van der Waals surface area contributed by atoms with Gasteiger partial charge in [-0.15, -0.1) is 0 Å². The van der Waals surface area contributed by atoms with Gasteiger partial charge in [0.25, 0.3) is 5.91 Å². The van der Waals surface area contributed by atoms with E-state index >= 15 is 0 Å². The van der Waals surface area contributed by atoms with Crippen LogP contribution in [0.4, 0.5) is 0 Å². The normalized spacial score (nSPS) is 15.0. The van der Waals surface area contributed by atoms with E-state index in [0.717, 1.165) is 17.5 Å². The fraction of sp³-hybridized carbons (Fsp3) is 0.391. The predicted octanol–water partition coefficient (Wildman–Crippen LogP) is 2.87. The molecule has 2 aromatic rings. The molecule has 1 fully saturated rings. The van der Waals surface area contributed by atoms with Crippen molar-refractivity contribution in [1.29, 1.82) is 0 Å². The smallest absolute Gasteiger partial charge is 0.254 e. The van der Waals surface area contributed by atoms with Crippen molar-refractivity contribution in [3.63, 3.8) is 0 Å². The average Bonchev–Trinajstić information content (AvgIpc) is 2.68. The van der Waals surface area contributed by atoms with E-state index in [0.29, 0.717) is 31.6 Å². The molecule has 1 saturated heterocycles. The summed E-state index contributed by atoms with van der Waals surface area (Å²) in [5, 5.41) is 9.83. The molecule has 0 aromatic heterocycles. The Balaban J connectivity index is 1.56. The lowest BCUT2D eigenvalue weighted by Crippen LogP contribution is -2.51. The third-order valence-corrected chi connectivity index (χ3v) is 5.05. The van der Waals surface area contributed by atoms with E-state index in [4.69, 9.17) is 0 Å². The third kappa shape index (κ3) is 5.42. The maximum absolute atomic E-state index is 12.8. The minimum Gasteiger partial charge on any atom is -0.390 e. The van der Waals surface area contributed by atoms with Crippen molar-refractivity contribution in [2.75, 3.05) is 19.6 Å². The van der Waals surface area contributed by atoms with E-state index in [1.54, 1.807) is 23.6 Å². The van der Waals surface area contributed by atoms with Crippen LogP contribution < -0.4 is 0 Å². The van der Waals surface area contributed by atoms with Crippen molar-refractivity contribution < 1.29 is 14.7 Å². The Morgan fingerprint density at radius 3 is 2.29 bits per heavy atom. The highest BCUT2D eigenvalue weighted by Gasteiger charge is 2.27. The number of nitrogens with zero attached hydrogens (tertiary/aromatic N) is 2. The fourth-order valence-corrected chi connectivity index (χ4v) is 3.30. The van der Waals surface area contributed by atoms with Crippen molar-refractivity contribution in [3.05, 3.63) is 71.3 Å². The summed E-state index contributed by atoms with van der Waals surface area (Å²) in [5.74, 6) is -0.132. The topological polar surface area (TPSA) is 60.9 Å². The molecule has 5 heteroatoms. The van der Waals surface area contributed by atoms with E-state index in [9.17, 15) is 14.7 Å². The summed E-state index contributed by atoms with van der Waals surface area (Å²) in [5.41, 5.74) is 2.07. The second-order valence-electron chi connectivity index (χ2n) is 8.04. The highest BCUT2D eigenvalue weighted by atomic mass is 16.3. The van der Waals surface area contributed by atoms with Crippen LogP contribution in [0, 0.1) is 0 Å². The largest absolute Gasteiger partial charge is 0.390 e. The lowest BCUT2D eigenvalue weighted by Gasteiger charge is -2.34. The Bertz CT molecular complexity index is 810. The number of carbonyl (C=O) groups excluding carboxylic acids is 2. The maximum Gasteiger partial charge on any atom is 0.254 e. The summed E-state index contributed by atoms with van der Waals surface area (Å²) >= 11 is 0. The Kier molecular flexibility index (Phi) is 6.15. The molecule has 0 unspecified atom stereocenters. The molecule has 3 rings (SSSR count). The van der Waals surface area contributed by atoms with Gasteiger partial charge in [-0.1, -0.05) is 42.5 Å². The van der Waals surface area contributed by atoms with E-state index in [2.05, 4.69) is 0 Å². The number of hydrogen-bond acceptors (Lipinski definition) is 3. The van der Waals surface area contributed by atoms with Gasteiger partial charge in [0.15, 0.2) is 0 Å². The van der Waals surface area contributed by atoms with Crippen molar-refractivity contribution in [2.24, 2.45) is 0 Å². The molecule has 1 heterocycles. The monoisotopic (exact) mass is 380 g/mol. The van der Waals surface area contributed by atoms with Crippen LogP contribution in [0.5, 0.6) is 0 Å². The van der Waals surface area contributed by atoms with Gasteiger partial charge in [0, 0.05) is 25.2 Å². The Morgan fingerprint density at radius 1 is 1.00 bits per heavy atom. The Labute approximate surface area is 166 Å². The molecule has 1 N–H and O–H groups in total. The van der Waals surface area contributed by atoms with Crippen LogP contribution in [-0.2, 0) is 17.8 Å². The van der Waals surface area contributed by atoms with Gasteiger partial charge < -0.3 is 14.9 Å². The molecule has 2 amide bonds. The molecule has 1 aliphatic rings. The lowest BCUT2D eigenvalue weighted by molar-refractivity contribution is -0.135. The second-order valence-corrected chi connectivity index (χ2v) is 8.04. The van der Waals surface area contributed by atoms with Crippen molar-refractivity contribution in [3.8, 4) is 0 Å². The molecular weight excluding hydrogens is 352 g/mol. The first-order valence-electron chi connectivity index (χ1n) is 9.74. The highest BCUT2D eigenvalue weighted by Crippen LogP contribution is 2.16. The SMILES string of the molecule is CC(C)(O)CCc1ccc(C(=O)N2CCN(Cc3ccccc3)C(=O)C2)cc1. The van der Waals surface area contributed by atoms with Crippen molar-refractivity contribution in [1.82, 2.24) is 9.80 Å². The number of aliphatic hydroxyl groups is 1. The zero-order valence-electron chi connectivity index (χ0n) is 16.6. The van der Waals surface area contributed by atoms with Gasteiger partial charge in [-0.05, 0) is 49.9 Å². The maximum atomic E-state index is 12.8. The molecule has 148 valence electrons. The predicted molar refractivity (Wildman–Crippen MR) is 109 cm³/mol. The molecule has 5 nitrogen and oxygen atoms in total. The molecule has 0 saturated carbocycles. The number of carbonyl (C=O) groups is 2. The third-order valence-electron chi connectivity index (χ3n) is 5.05. The highest BCUT2D eigenvalue weighted by molar-refractivity contribution is 5.97. The number of aryl methyl sites for hydroxylation is 1. The Morgan fingerprint density at radius 2 is 1.68 bits per heavy atom. The zero-order valence-corrected chi connectivity index (χ0v) is 16.6. The summed E-state index contributed by atoms with van der Waals surface area (Å²) in [4.78, 5) is 28.7. The first-order valence-corrected chi connectivity index (χ1v) is 9.74. The number of rotatable bonds is 6. The van der Waals surface area contributed by atoms with Gasteiger partial charge in [0.1, 0.15) is 6.54 Å². The molecule has 0 atom stereocenters. The second kappa shape index (κ2) is 8.57. The summed E-state index contributed by atoms with van der Waals surface area (Å²) in [7, 11) is 0. The molecule has 1 aliphatic heterocycles. The van der Waals surface area contributed by atoms with Crippen LogP contribution >= 0.6 is 0 Å². The van der Waals surface area contributed by atoms with E-state index in [-0.39, 0.29) is 18.4 Å². The van der Waals surface area contributed by atoms with Crippen LogP contribution in [0.15, 0.2) is 54.6 Å². The minimum atomic E-state index is -0.700. The zero-order chi connectivity index (χ0) is 20.1. The molecule has 0 radical (unpaired) electrons. The van der Waals surface area contributed by atoms with Crippen LogP contribution in [0.25, 0.3) is 0 Å². The molecule has 0 spiro atoms. The van der Waals surface area contributed by atoms with Crippen LogP contribution in [-0.4, -0.2) is 52.0 Å². The van der Waals surface area contributed by atoms with Gasteiger partial charge in [0.2, 0.25) is 5.91 Å². The first-order chi connectivity index (χ1) is 13.3. The van der Waals surface area contributed by atoms with Gasteiger partial charge >= 0.3 is 0 Å². The standard InChI is InChI=1S/C23H28N2O3/c1-23(2,28)13-12-18-8-10-20(11-9-18)22(27)25-15-14-24(21(26)17-25)16-19-6-4-3-5-7-19/h3-11,28H,12-17H2,1-2H3. The summed E-state index contributed by atoms with van der Waals surface area (Å²) in [6.45, 7) is 5.36. The number of hydrogen-bond donors (Lipinski definition) is 1. The van der Waals surface area contributed by atoms with Crippen molar-refractivity contribution >= 4 is 11.8 Å². The van der Waals surface area contributed by atoms with Gasteiger partial charge in [-0.25, -0.2) is 0 Å². The van der Waals surface area contributed by atoms with Crippen LogP contribution in [0.3, 0.4) is 0 Å². The summed E-state index contributed by atoms with van der Waals surface area (Å²) in [6.07, 6.45) is 1.42. The van der Waals surface area contributed by atoms with E-state index in [1.807, 2.05) is 54.6 Å². The minimum absolute atomic E-state index is 0.0229. The lowest BCUT2D eigenvalue weighted by atomic mass is 9.98. The van der Waals surface area contributed by atoms with Gasteiger partial charge in [-0.3, -0.25) is 9.59 Å². The number of amides is 2. The Hall–Kier alpha value is -2.66. The molecule has 0 bridgehead atoms.